The number of amides is 1. The van der Waals surface area contributed by atoms with E-state index < -0.39 is 15.7 Å². The molecule has 1 amide bonds. The molecule has 0 aromatic heterocycles. The van der Waals surface area contributed by atoms with Crippen molar-refractivity contribution in [3.05, 3.63) is 24.3 Å². The van der Waals surface area contributed by atoms with Crippen LogP contribution in [-0.2, 0) is 14.6 Å². The highest BCUT2D eigenvalue weighted by molar-refractivity contribution is 8.00. The summed E-state index contributed by atoms with van der Waals surface area (Å²) in [6.45, 7) is 0. The summed E-state index contributed by atoms with van der Waals surface area (Å²) in [5.74, 6) is -0.313. The Bertz CT molecular complexity index is 515. The molecule has 0 aliphatic carbocycles. The van der Waals surface area contributed by atoms with Gasteiger partial charge in [0.15, 0.2) is 9.84 Å². The van der Waals surface area contributed by atoms with Gasteiger partial charge in [-0.3, -0.25) is 4.79 Å². The number of rotatable bonds is 7. The molecule has 1 rings (SSSR count). The lowest BCUT2D eigenvalue weighted by atomic mass is 10.3. The first-order valence-electron chi connectivity index (χ1n) is 5.36. The second-order valence-corrected chi connectivity index (χ2v) is 7.26. The molecule has 0 spiro atoms. The van der Waals surface area contributed by atoms with Gasteiger partial charge < -0.3 is 11.5 Å². The standard InChI is InChI=1S/C11H16N2O3S2/c12-9-2-1-3-10(8-9)17-5-7-18(15,16)6-4-11(13)14/h1-3,8H,4-7,12H2,(H2,13,14). The average molecular weight is 288 g/mol. The zero-order valence-corrected chi connectivity index (χ0v) is 11.5. The molecular weight excluding hydrogens is 272 g/mol. The largest absolute Gasteiger partial charge is 0.399 e. The molecule has 7 heteroatoms. The molecule has 1 aromatic rings. The first-order valence-corrected chi connectivity index (χ1v) is 8.17. The van der Waals surface area contributed by atoms with E-state index in [1.807, 2.05) is 12.1 Å². The minimum absolute atomic E-state index is 0.0275. The fraction of sp³-hybridized carbons (Fsp3) is 0.364. The number of carbonyl (C=O) groups excluding carboxylic acids is 1. The Labute approximate surface area is 111 Å². The third-order valence-electron chi connectivity index (χ3n) is 2.18. The van der Waals surface area contributed by atoms with Gasteiger partial charge in [0.1, 0.15) is 0 Å². The SMILES string of the molecule is NC(=O)CCS(=O)(=O)CCSc1cccc(N)c1. The fourth-order valence-corrected chi connectivity index (χ4v) is 3.94. The van der Waals surface area contributed by atoms with E-state index in [1.165, 1.54) is 11.8 Å². The van der Waals surface area contributed by atoms with Crippen molar-refractivity contribution in [3.8, 4) is 0 Å². The van der Waals surface area contributed by atoms with Crippen LogP contribution in [0.15, 0.2) is 29.2 Å². The van der Waals surface area contributed by atoms with Crippen molar-refractivity contribution in [1.29, 1.82) is 0 Å². The van der Waals surface area contributed by atoms with Gasteiger partial charge in [-0.05, 0) is 18.2 Å². The Balaban J connectivity index is 2.39. The van der Waals surface area contributed by atoms with Crippen LogP contribution in [0.4, 0.5) is 5.69 Å². The van der Waals surface area contributed by atoms with Crippen LogP contribution in [0.1, 0.15) is 6.42 Å². The molecule has 1 aromatic carbocycles. The van der Waals surface area contributed by atoms with Gasteiger partial charge in [-0.25, -0.2) is 8.42 Å². The topological polar surface area (TPSA) is 103 Å². The summed E-state index contributed by atoms with van der Waals surface area (Å²) in [7, 11) is -3.21. The van der Waals surface area contributed by atoms with Crippen molar-refractivity contribution in [2.75, 3.05) is 23.0 Å². The third kappa shape index (κ3) is 5.92. The smallest absolute Gasteiger partial charge is 0.218 e. The summed E-state index contributed by atoms with van der Waals surface area (Å²) < 4.78 is 23.1. The van der Waals surface area contributed by atoms with Crippen LogP contribution in [0.5, 0.6) is 0 Å². The Hall–Kier alpha value is -1.21. The number of benzene rings is 1. The van der Waals surface area contributed by atoms with E-state index in [4.69, 9.17) is 11.5 Å². The molecule has 0 fully saturated rings. The molecule has 5 nitrogen and oxygen atoms in total. The Morgan fingerprint density at radius 3 is 2.61 bits per heavy atom. The first kappa shape index (κ1) is 14.8. The number of hydrogen-bond donors (Lipinski definition) is 2. The number of primary amides is 1. The van der Waals surface area contributed by atoms with Crippen molar-refractivity contribution >= 4 is 33.2 Å². The first-order chi connectivity index (χ1) is 8.39. The minimum atomic E-state index is -3.21. The number of nitrogens with two attached hydrogens (primary N) is 2. The van der Waals surface area contributed by atoms with Crippen molar-refractivity contribution in [2.24, 2.45) is 5.73 Å². The maximum absolute atomic E-state index is 11.5. The maximum atomic E-state index is 11.5. The molecule has 4 N–H and O–H groups in total. The normalized spacial score (nSPS) is 11.3. The molecular formula is C11H16N2O3S2. The van der Waals surface area contributed by atoms with Gasteiger partial charge in [0, 0.05) is 22.8 Å². The van der Waals surface area contributed by atoms with Crippen LogP contribution in [-0.4, -0.2) is 31.6 Å². The predicted octanol–water partition coefficient (Wildman–Crippen LogP) is 0.651. The number of anilines is 1. The number of carbonyl (C=O) groups is 1. The van der Waals surface area contributed by atoms with Crippen LogP contribution >= 0.6 is 11.8 Å². The lowest BCUT2D eigenvalue weighted by molar-refractivity contribution is -0.117. The van der Waals surface area contributed by atoms with Crippen molar-refractivity contribution in [2.45, 2.75) is 11.3 Å². The summed E-state index contributed by atoms with van der Waals surface area (Å²) in [4.78, 5) is 11.4. The molecule has 18 heavy (non-hydrogen) atoms. The molecule has 0 saturated heterocycles. The summed E-state index contributed by atoms with van der Waals surface area (Å²) in [5, 5.41) is 0. The zero-order valence-electron chi connectivity index (χ0n) is 9.83. The van der Waals surface area contributed by atoms with E-state index in [0.29, 0.717) is 11.4 Å². The van der Waals surface area contributed by atoms with E-state index in [1.54, 1.807) is 12.1 Å². The quantitative estimate of drug-likeness (QED) is 0.566. The molecule has 0 atom stereocenters. The second-order valence-electron chi connectivity index (χ2n) is 3.79. The van der Waals surface area contributed by atoms with E-state index in [0.717, 1.165) is 4.90 Å². The average Bonchev–Trinajstić information content (AvgIpc) is 2.26. The molecule has 100 valence electrons. The number of thioether (sulfide) groups is 1. The van der Waals surface area contributed by atoms with Crippen LogP contribution < -0.4 is 11.5 Å². The van der Waals surface area contributed by atoms with Gasteiger partial charge in [0.25, 0.3) is 0 Å². The van der Waals surface area contributed by atoms with E-state index >= 15 is 0 Å². The lowest BCUT2D eigenvalue weighted by Gasteiger charge is -2.04. The molecule has 0 heterocycles. The summed E-state index contributed by atoms with van der Waals surface area (Å²) in [5.41, 5.74) is 11.2. The van der Waals surface area contributed by atoms with Crippen LogP contribution in [0.25, 0.3) is 0 Å². The maximum Gasteiger partial charge on any atom is 0.218 e. The van der Waals surface area contributed by atoms with Gasteiger partial charge in [0.2, 0.25) is 5.91 Å². The minimum Gasteiger partial charge on any atom is -0.399 e. The van der Waals surface area contributed by atoms with Gasteiger partial charge >= 0.3 is 0 Å². The Morgan fingerprint density at radius 1 is 1.28 bits per heavy atom. The number of sulfone groups is 1. The number of nitrogen functional groups attached to an aromatic ring is 1. The van der Waals surface area contributed by atoms with E-state index in [9.17, 15) is 13.2 Å². The molecule has 0 aliphatic rings. The zero-order chi connectivity index (χ0) is 13.6. The van der Waals surface area contributed by atoms with E-state index in [2.05, 4.69) is 0 Å². The molecule has 0 saturated carbocycles. The third-order valence-corrected chi connectivity index (χ3v) is 5.09. The highest BCUT2D eigenvalue weighted by Gasteiger charge is 2.12. The predicted molar refractivity (Wildman–Crippen MR) is 74.0 cm³/mol. The number of hydrogen-bond acceptors (Lipinski definition) is 5. The van der Waals surface area contributed by atoms with Crippen molar-refractivity contribution in [1.82, 2.24) is 0 Å². The summed E-state index contributed by atoms with van der Waals surface area (Å²) >= 11 is 1.42. The highest BCUT2D eigenvalue weighted by Crippen LogP contribution is 2.20. The fourth-order valence-electron chi connectivity index (χ4n) is 1.25. The van der Waals surface area contributed by atoms with Crippen LogP contribution in [0.2, 0.25) is 0 Å². The van der Waals surface area contributed by atoms with Gasteiger partial charge in [-0.1, -0.05) is 6.07 Å². The Morgan fingerprint density at radius 2 is 2.00 bits per heavy atom. The van der Waals surface area contributed by atoms with Crippen LogP contribution in [0, 0.1) is 0 Å². The highest BCUT2D eigenvalue weighted by atomic mass is 32.2. The summed E-state index contributed by atoms with van der Waals surface area (Å²) in [6.07, 6.45) is -0.120. The molecule has 0 radical (unpaired) electrons. The second kappa shape index (κ2) is 6.65. The lowest BCUT2D eigenvalue weighted by Crippen LogP contribution is -2.19. The molecule has 0 bridgehead atoms. The van der Waals surface area contributed by atoms with Gasteiger partial charge in [-0.15, -0.1) is 11.8 Å². The van der Waals surface area contributed by atoms with Gasteiger partial charge in [-0.2, -0.15) is 0 Å². The van der Waals surface area contributed by atoms with Gasteiger partial charge in [0.05, 0.1) is 11.5 Å². The summed E-state index contributed by atoms with van der Waals surface area (Å²) in [6, 6.07) is 7.25. The Kier molecular flexibility index (Phi) is 5.49. The van der Waals surface area contributed by atoms with Crippen LogP contribution in [0.3, 0.4) is 0 Å². The van der Waals surface area contributed by atoms with E-state index in [-0.39, 0.29) is 17.9 Å². The molecule has 0 aliphatic heterocycles. The monoisotopic (exact) mass is 288 g/mol. The molecule has 0 unspecified atom stereocenters. The van der Waals surface area contributed by atoms with Crippen molar-refractivity contribution in [3.63, 3.8) is 0 Å². The van der Waals surface area contributed by atoms with Crippen molar-refractivity contribution < 1.29 is 13.2 Å².